The molecule has 0 aliphatic rings. The summed E-state index contributed by atoms with van der Waals surface area (Å²) in [6.45, 7) is 1.81. The van der Waals surface area contributed by atoms with E-state index >= 15 is 0 Å². The molecule has 3 aromatic rings. The molecule has 0 aliphatic carbocycles. The van der Waals surface area contributed by atoms with Crippen LogP contribution in [-0.2, 0) is 27.4 Å². The molecule has 0 unspecified atom stereocenters. The van der Waals surface area contributed by atoms with Crippen LogP contribution in [0.25, 0.3) is 0 Å². The van der Waals surface area contributed by atoms with Gasteiger partial charge in [-0.3, -0.25) is 14.5 Å². The monoisotopic (exact) mass is 463 g/mol. The van der Waals surface area contributed by atoms with E-state index in [4.69, 9.17) is 0 Å². The smallest absolute Gasteiger partial charge is 0.348 e. The van der Waals surface area contributed by atoms with Gasteiger partial charge in [0, 0.05) is 11.9 Å². The summed E-state index contributed by atoms with van der Waals surface area (Å²) in [5, 5.41) is 2.83. The summed E-state index contributed by atoms with van der Waals surface area (Å²) >= 11 is 0. The van der Waals surface area contributed by atoms with E-state index in [2.05, 4.69) is 15.0 Å². The minimum Gasteiger partial charge on any atom is -0.348 e. The quantitative estimate of drug-likeness (QED) is 0.546. The number of hydrogen-bond donors (Lipinski definition) is 2. The predicted octanol–water partition coefficient (Wildman–Crippen LogP) is 4.32. The molecule has 0 spiro atoms. The molecule has 32 heavy (non-hydrogen) atoms. The first-order valence-corrected chi connectivity index (χ1v) is 11.0. The number of benzene rings is 2. The topological polar surface area (TPSA) is 88.2 Å². The van der Waals surface area contributed by atoms with Crippen LogP contribution in [0.2, 0.25) is 0 Å². The summed E-state index contributed by atoms with van der Waals surface area (Å²) in [6, 6.07) is 14.6. The van der Waals surface area contributed by atoms with E-state index in [0.717, 1.165) is 23.9 Å². The number of aromatic nitrogens is 1. The van der Waals surface area contributed by atoms with Gasteiger partial charge in [0.05, 0.1) is 28.6 Å². The lowest BCUT2D eigenvalue weighted by molar-refractivity contribution is -0.137. The summed E-state index contributed by atoms with van der Waals surface area (Å²) in [6.07, 6.45) is -2.95. The summed E-state index contributed by atoms with van der Waals surface area (Å²) in [5.41, 5.74) is 0.466. The van der Waals surface area contributed by atoms with Crippen molar-refractivity contribution in [3.63, 3.8) is 0 Å². The predicted molar refractivity (Wildman–Crippen MR) is 113 cm³/mol. The molecule has 1 amide bonds. The fraction of sp³-hybridized carbons (Fsp3) is 0.182. The Kier molecular flexibility index (Phi) is 6.83. The van der Waals surface area contributed by atoms with Crippen LogP contribution in [0.4, 0.5) is 18.9 Å². The first-order valence-electron chi connectivity index (χ1n) is 9.54. The lowest BCUT2D eigenvalue weighted by Crippen LogP contribution is -2.28. The molecule has 2 aromatic carbocycles. The van der Waals surface area contributed by atoms with E-state index in [0.29, 0.717) is 11.6 Å². The van der Waals surface area contributed by atoms with Crippen molar-refractivity contribution in [3.8, 4) is 0 Å². The van der Waals surface area contributed by atoms with Crippen molar-refractivity contribution in [2.24, 2.45) is 0 Å². The number of sulfonamides is 1. The number of anilines is 1. The SMILES string of the molecule is C[C@H](NC(=O)Cc1ccc(NS(=O)(=O)c2cccc(C(F)(F)F)c2)cc1)c1ccccn1. The highest BCUT2D eigenvalue weighted by molar-refractivity contribution is 7.92. The van der Waals surface area contributed by atoms with Crippen molar-refractivity contribution in [2.45, 2.75) is 30.5 Å². The highest BCUT2D eigenvalue weighted by Gasteiger charge is 2.31. The standard InChI is InChI=1S/C22H20F3N3O3S/c1-15(20-7-2-3-12-26-20)27-21(29)13-16-8-10-18(11-9-16)28-32(30,31)19-6-4-5-17(14-19)22(23,24)25/h2-12,14-15,28H,13H2,1H3,(H,27,29)/t15-/m0/s1. The normalized spacial score (nSPS) is 12.8. The Bertz CT molecular complexity index is 1180. The Hall–Kier alpha value is -3.40. The van der Waals surface area contributed by atoms with Crippen LogP contribution < -0.4 is 10.0 Å². The van der Waals surface area contributed by atoms with Crippen LogP contribution >= 0.6 is 0 Å². The fourth-order valence-electron chi connectivity index (χ4n) is 2.93. The largest absolute Gasteiger partial charge is 0.416 e. The maximum Gasteiger partial charge on any atom is 0.416 e. The molecule has 0 radical (unpaired) electrons. The van der Waals surface area contributed by atoms with E-state index in [1.807, 2.05) is 13.0 Å². The van der Waals surface area contributed by atoms with E-state index in [1.165, 1.54) is 12.1 Å². The minimum atomic E-state index is -4.65. The molecule has 6 nitrogen and oxygen atoms in total. The third kappa shape index (κ3) is 6.07. The molecule has 168 valence electrons. The van der Waals surface area contributed by atoms with Crippen molar-refractivity contribution in [1.29, 1.82) is 0 Å². The lowest BCUT2D eigenvalue weighted by Gasteiger charge is -2.14. The second-order valence-electron chi connectivity index (χ2n) is 7.05. The average Bonchev–Trinajstić information content (AvgIpc) is 2.75. The Morgan fingerprint density at radius 1 is 1.03 bits per heavy atom. The molecule has 1 atom stereocenters. The Labute approximate surface area is 183 Å². The van der Waals surface area contributed by atoms with Crippen LogP contribution in [0.5, 0.6) is 0 Å². The maximum atomic E-state index is 12.9. The number of amides is 1. The molecule has 0 saturated carbocycles. The molecule has 0 saturated heterocycles. The number of carbonyl (C=O) groups excluding carboxylic acids is 1. The van der Waals surface area contributed by atoms with Crippen molar-refractivity contribution in [3.05, 3.63) is 89.7 Å². The first kappa shape index (κ1) is 23.3. The lowest BCUT2D eigenvalue weighted by atomic mass is 10.1. The van der Waals surface area contributed by atoms with Crippen molar-refractivity contribution in [2.75, 3.05) is 4.72 Å². The van der Waals surface area contributed by atoms with Crippen LogP contribution in [0.15, 0.2) is 77.8 Å². The van der Waals surface area contributed by atoms with Crippen molar-refractivity contribution < 1.29 is 26.4 Å². The highest BCUT2D eigenvalue weighted by Crippen LogP contribution is 2.30. The number of pyridine rings is 1. The number of rotatable bonds is 7. The zero-order chi connectivity index (χ0) is 23.4. The number of halogens is 3. The van der Waals surface area contributed by atoms with Gasteiger partial charge in [0.2, 0.25) is 5.91 Å². The number of hydrogen-bond acceptors (Lipinski definition) is 4. The van der Waals surface area contributed by atoms with Gasteiger partial charge in [-0.1, -0.05) is 24.3 Å². The Balaban J connectivity index is 1.63. The zero-order valence-electron chi connectivity index (χ0n) is 16.9. The fourth-order valence-corrected chi connectivity index (χ4v) is 4.03. The van der Waals surface area contributed by atoms with Gasteiger partial charge in [-0.05, 0) is 55.0 Å². The highest BCUT2D eigenvalue weighted by atomic mass is 32.2. The molecular formula is C22H20F3N3O3S. The van der Waals surface area contributed by atoms with Crippen LogP contribution in [0, 0.1) is 0 Å². The first-order chi connectivity index (χ1) is 15.0. The van der Waals surface area contributed by atoms with Gasteiger partial charge in [0.15, 0.2) is 0 Å². The second kappa shape index (κ2) is 9.39. The molecule has 0 aliphatic heterocycles. The van der Waals surface area contributed by atoms with Gasteiger partial charge in [0.1, 0.15) is 0 Å². The summed E-state index contributed by atoms with van der Waals surface area (Å²) in [7, 11) is -4.21. The van der Waals surface area contributed by atoms with Gasteiger partial charge < -0.3 is 5.32 Å². The second-order valence-corrected chi connectivity index (χ2v) is 8.73. The molecule has 0 fully saturated rings. The third-order valence-electron chi connectivity index (χ3n) is 4.55. The summed E-state index contributed by atoms with van der Waals surface area (Å²) in [4.78, 5) is 16.0. The number of alkyl halides is 3. The molecule has 3 rings (SSSR count). The molecule has 1 aromatic heterocycles. The summed E-state index contributed by atoms with van der Waals surface area (Å²) < 4.78 is 65.7. The van der Waals surface area contributed by atoms with Crippen molar-refractivity contribution >= 4 is 21.6 Å². The zero-order valence-corrected chi connectivity index (χ0v) is 17.7. The third-order valence-corrected chi connectivity index (χ3v) is 5.93. The van der Waals surface area contributed by atoms with Crippen LogP contribution in [0.3, 0.4) is 0 Å². The van der Waals surface area contributed by atoms with Gasteiger partial charge >= 0.3 is 6.18 Å². The summed E-state index contributed by atoms with van der Waals surface area (Å²) in [5.74, 6) is -0.236. The van der Waals surface area contributed by atoms with Gasteiger partial charge in [-0.15, -0.1) is 0 Å². The maximum absolute atomic E-state index is 12.9. The van der Waals surface area contributed by atoms with E-state index < -0.39 is 26.7 Å². The van der Waals surface area contributed by atoms with Crippen molar-refractivity contribution in [1.82, 2.24) is 10.3 Å². The Morgan fingerprint density at radius 3 is 2.38 bits per heavy atom. The average molecular weight is 463 g/mol. The molecule has 2 N–H and O–H groups in total. The van der Waals surface area contributed by atoms with Gasteiger partial charge in [-0.25, -0.2) is 8.42 Å². The van der Waals surface area contributed by atoms with E-state index in [1.54, 1.807) is 30.5 Å². The van der Waals surface area contributed by atoms with Gasteiger partial charge in [-0.2, -0.15) is 13.2 Å². The number of carbonyl (C=O) groups is 1. The molecule has 0 bridgehead atoms. The Morgan fingerprint density at radius 2 is 1.75 bits per heavy atom. The number of nitrogens with zero attached hydrogens (tertiary/aromatic N) is 1. The molecule has 10 heteroatoms. The van der Waals surface area contributed by atoms with E-state index in [9.17, 15) is 26.4 Å². The van der Waals surface area contributed by atoms with E-state index in [-0.39, 0.29) is 24.1 Å². The number of nitrogens with one attached hydrogen (secondary N) is 2. The van der Waals surface area contributed by atoms with Gasteiger partial charge in [0.25, 0.3) is 10.0 Å². The molecule has 1 heterocycles. The minimum absolute atomic E-state index is 0.0673. The van der Waals surface area contributed by atoms with Crippen LogP contribution in [0.1, 0.15) is 29.8 Å². The van der Waals surface area contributed by atoms with Crippen LogP contribution in [-0.4, -0.2) is 19.3 Å². The molecular weight excluding hydrogens is 443 g/mol.